The van der Waals surface area contributed by atoms with E-state index in [2.05, 4.69) is 30.1 Å². The largest absolute Gasteiger partial charge is 0.497 e. The Kier molecular flexibility index (Phi) is 7.32. The molecule has 6 rings (SSSR count). The van der Waals surface area contributed by atoms with E-state index < -0.39 is 0 Å². The van der Waals surface area contributed by atoms with Crippen LogP contribution in [-0.4, -0.2) is 54.6 Å². The normalized spacial score (nSPS) is 23.5. The lowest BCUT2D eigenvalue weighted by Crippen LogP contribution is -2.47. The number of methoxy groups -OCH3 is 1. The summed E-state index contributed by atoms with van der Waals surface area (Å²) < 4.78 is 7.17. The number of hydrogen-bond donors (Lipinski definition) is 1. The van der Waals surface area contributed by atoms with Crippen molar-refractivity contribution >= 4 is 23.2 Å². The van der Waals surface area contributed by atoms with Crippen LogP contribution < -0.4 is 20.5 Å². The van der Waals surface area contributed by atoms with Crippen LogP contribution in [-0.2, 0) is 6.54 Å². The van der Waals surface area contributed by atoms with Crippen LogP contribution in [0.3, 0.4) is 0 Å². The zero-order valence-electron chi connectivity index (χ0n) is 24.0. The summed E-state index contributed by atoms with van der Waals surface area (Å²) in [5.74, 6) is 1.90. The highest BCUT2D eigenvalue weighted by Gasteiger charge is 2.36. The van der Waals surface area contributed by atoms with Crippen LogP contribution in [0.15, 0.2) is 65.5 Å². The number of rotatable bonds is 5. The second kappa shape index (κ2) is 11.1. The third-order valence-electron chi connectivity index (χ3n) is 8.82. The Bertz CT molecular complexity index is 1500. The van der Waals surface area contributed by atoms with E-state index in [-0.39, 0.29) is 23.3 Å². The van der Waals surface area contributed by atoms with Gasteiger partial charge in [-0.25, -0.2) is 0 Å². The number of ether oxygens (including phenoxy) is 1. The predicted octanol–water partition coefficient (Wildman–Crippen LogP) is 4.85. The van der Waals surface area contributed by atoms with E-state index in [0.717, 1.165) is 50.4 Å². The van der Waals surface area contributed by atoms with Gasteiger partial charge in [-0.15, -0.1) is 0 Å². The first-order valence-corrected chi connectivity index (χ1v) is 14.6. The first-order chi connectivity index (χ1) is 19.8. The van der Waals surface area contributed by atoms with E-state index in [0.29, 0.717) is 46.9 Å². The number of carbonyl (C=O) groups excluding carboxylic acids is 2. The fourth-order valence-corrected chi connectivity index (χ4v) is 7.09. The molecule has 8 heteroatoms. The van der Waals surface area contributed by atoms with Crippen molar-refractivity contribution in [1.82, 2.24) is 9.47 Å². The van der Waals surface area contributed by atoms with Gasteiger partial charge in [-0.3, -0.25) is 14.4 Å². The Morgan fingerprint density at radius 3 is 2.32 bits per heavy atom. The van der Waals surface area contributed by atoms with Gasteiger partial charge in [0.15, 0.2) is 0 Å². The van der Waals surface area contributed by atoms with Crippen LogP contribution in [0.4, 0.5) is 11.4 Å². The van der Waals surface area contributed by atoms with Gasteiger partial charge in [-0.05, 0) is 79.1 Å². The Labute approximate surface area is 240 Å². The number of aromatic nitrogens is 1. The molecule has 4 heterocycles. The van der Waals surface area contributed by atoms with E-state index in [1.54, 1.807) is 37.4 Å². The molecular formula is C33H38N4O4. The van der Waals surface area contributed by atoms with Gasteiger partial charge in [0.05, 0.1) is 18.5 Å². The molecule has 0 aliphatic carbocycles. The van der Waals surface area contributed by atoms with Gasteiger partial charge in [0, 0.05) is 61.5 Å². The van der Waals surface area contributed by atoms with E-state index in [1.165, 1.54) is 0 Å². The van der Waals surface area contributed by atoms with Crippen LogP contribution in [0.2, 0.25) is 0 Å². The summed E-state index contributed by atoms with van der Waals surface area (Å²) in [5, 5.41) is 3.12. The van der Waals surface area contributed by atoms with Crippen LogP contribution in [0.5, 0.6) is 5.75 Å². The SMILES string of the molecule is COc1ccc(C(=O)Nc2cc(C(=O)N3C[C@@H](C)C[C@H](C)C3)ccc2N2C[C@H]3C[C@@H](C2)c2cccc(=O)n2C3)cc1. The number of fused-ring (bicyclic) bond motifs is 4. The molecule has 0 spiro atoms. The van der Waals surface area contributed by atoms with Crippen molar-refractivity contribution in [2.24, 2.45) is 17.8 Å². The molecule has 0 unspecified atom stereocenters. The molecule has 2 saturated heterocycles. The van der Waals surface area contributed by atoms with Crippen molar-refractivity contribution in [3.63, 3.8) is 0 Å². The summed E-state index contributed by atoms with van der Waals surface area (Å²) in [6, 6.07) is 18.2. The molecule has 2 aromatic carbocycles. The van der Waals surface area contributed by atoms with E-state index in [9.17, 15) is 14.4 Å². The van der Waals surface area contributed by atoms with Gasteiger partial charge >= 0.3 is 0 Å². The first-order valence-electron chi connectivity index (χ1n) is 14.6. The number of carbonyl (C=O) groups is 2. The first kappa shape index (κ1) is 27.1. The summed E-state index contributed by atoms with van der Waals surface area (Å²) in [6.45, 7) is 8.08. The van der Waals surface area contributed by atoms with Crippen molar-refractivity contribution in [2.45, 2.75) is 39.2 Å². The summed E-state index contributed by atoms with van der Waals surface area (Å²) in [5.41, 5.74) is 3.74. The minimum absolute atomic E-state index is 0.00119. The molecule has 3 aromatic rings. The fourth-order valence-electron chi connectivity index (χ4n) is 7.09. The smallest absolute Gasteiger partial charge is 0.255 e. The molecule has 1 aromatic heterocycles. The molecule has 0 saturated carbocycles. The van der Waals surface area contributed by atoms with Gasteiger partial charge in [-0.1, -0.05) is 19.9 Å². The molecule has 3 aliphatic rings. The fraction of sp³-hybridized carbons (Fsp3) is 0.424. The summed E-state index contributed by atoms with van der Waals surface area (Å²) in [7, 11) is 1.59. The molecule has 4 atom stereocenters. The van der Waals surface area contributed by atoms with Crippen molar-refractivity contribution in [2.75, 3.05) is 43.5 Å². The Balaban J connectivity index is 1.33. The lowest BCUT2D eigenvalue weighted by molar-refractivity contribution is 0.0623. The Hall–Kier alpha value is -4.07. The number of piperidine rings is 2. The van der Waals surface area contributed by atoms with Crippen LogP contribution in [0.25, 0.3) is 0 Å². The monoisotopic (exact) mass is 554 g/mol. The maximum Gasteiger partial charge on any atom is 0.255 e. The average Bonchev–Trinajstić information content (AvgIpc) is 2.96. The number of nitrogens with one attached hydrogen (secondary N) is 1. The van der Waals surface area contributed by atoms with Gasteiger partial charge in [-0.2, -0.15) is 0 Å². The predicted molar refractivity (Wildman–Crippen MR) is 160 cm³/mol. The van der Waals surface area contributed by atoms with Crippen LogP contribution in [0.1, 0.15) is 59.0 Å². The highest BCUT2D eigenvalue weighted by molar-refractivity contribution is 6.07. The van der Waals surface area contributed by atoms with Gasteiger partial charge in [0.25, 0.3) is 17.4 Å². The molecule has 214 valence electrons. The minimum Gasteiger partial charge on any atom is -0.497 e. The molecule has 2 bridgehead atoms. The van der Waals surface area contributed by atoms with E-state index in [4.69, 9.17) is 4.74 Å². The molecule has 41 heavy (non-hydrogen) atoms. The van der Waals surface area contributed by atoms with Gasteiger partial charge in [0.1, 0.15) is 5.75 Å². The number of benzene rings is 2. The number of anilines is 2. The van der Waals surface area contributed by atoms with Crippen LogP contribution in [0, 0.1) is 17.8 Å². The van der Waals surface area contributed by atoms with Gasteiger partial charge in [0.2, 0.25) is 0 Å². The van der Waals surface area contributed by atoms with Crippen molar-refractivity contribution < 1.29 is 14.3 Å². The number of nitrogens with zero attached hydrogens (tertiary/aromatic N) is 3. The average molecular weight is 555 g/mol. The summed E-state index contributed by atoms with van der Waals surface area (Å²) >= 11 is 0. The number of amides is 2. The van der Waals surface area contributed by atoms with Gasteiger partial charge < -0.3 is 24.4 Å². The Morgan fingerprint density at radius 2 is 1.59 bits per heavy atom. The maximum atomic E-state index is 13.6. The number of pyridine rings is 1. The molecule has 3 aliphatic heterocycles. The van der Waals surface area contributed by atoms with Crippen molar-refractivity contribution in [3.8, 4) is 5.75 Å². The number of hydrogen-bond acceptors (Lipinski definition) is 5. The molecule has 2 fully saturated rings. The molecule has 1 N–H and O–H groups in total. The molecular weight excluding hydrogens is 516 g/mol. The summed E-state index contributed by atoms with van der Waals surface area (Å²) in [4.78, 5) is 43.8. The molecule has 0 radical (unpaired) electrons. The number of likely N-dealkylation sites (tertiary alicyclic amines) is 1. The lowest BCUT2D eigenvalue weighted by atomic mass is 9.83. The maximum absolute atomic E-state index is 13.6. The second-order valence-electron chi connectivity index (χ2n) is 12.2. The van der Waals surface area contributed by atoms with E-state index in [1.807, 2.05) is 33.7 Å². The summed E-state index contributed by atoms with van der Waals surface area (Å²) in [6.07, 6.45) is 2.16. The van der Waals surface area contributed by atoms with Crippen molar-refractivity contribution in [1.29, 1.82) is 0 Å². The minimum atomic E-state index is -0.243. The Morgan fingerprint density at radius 1 is 0.854 bits per heavy atom. The second-order valence-corrected chi connectivity index (χ2v) is 12.2. The third-order valence-corrected chi connectivity index (χ3v) is 8.82. The molecule has 8 nitrogen and oxygen atoms in total. The standard InChI is InChI=1S/C33H38N4O4/c1-21-13-22(2)17-36(16-21)33(40)25-9-12-30(28(15-25)34-32(39)24-7-10-27(41-3)11-8-24)35-18-23-14-26(20-35)29-5-4-6-31(38)37(29)19-23/h4-12,15,21-23,26H,13-14,16-20H2,1-3H3,(H,34,39)/t21-,22-,23+,26-/m0/s1. The highest BCUT2D eigenvalue weighted by Crippen LogP contribution is 2.39. The topological polar surface area (TPSA) is 83.9 Å². The third kappa shape index (κ3) is 5.47. The lowest BCUT2D eigenvalue weighted by Gasteiger charge is -2.44. The zero-order chi connectivity index (χ0) is 28.7. The van der Waals surface area contributed by atoms with Crippen molar-refractivity contribution in [3.05, 3.63) is 87.8 Å². The quantitative estimate of drug-likeness (QED) is 0.488. The molecule has 2 amide bonds. The highest BCUT2D eigenvalue weighted by atomic mass is 16.5. The van der Waals surface area contributed by atoms with Crippen LogP contribution >= 0.6 is 0 Å². The zero-order valence-corrected chi connectivity index (χ0v) is 24.0. The van der Waals surface area contributed by atoms with E-state index >= 15 is 0 Å².